The highest BCUT2D eigenvalue weighted by Gasteiger charge is 2.39. The zero-order chi connectivity index (χ0) is 11.7. The lowest BCUT2D eigenvalue weighted by molar-refractivity contribution is -0.142. The molecule has 1 aromatic rings. The zero-order valence-corrected chi connectivity index (χ0v) is 9.51. The minimum atomic E-state index is -0.157. The molecular weight excluding hydrogens is 202 g/mol. The first-order valence-electron chi connectivity index (χ1n) is 5.49. The smallest absolute Gasteiger partial charge is 0.230 e. The van der Waals surface area contributed by atoms with Gasteiger partial charge in [-0.3, -0.25) is 14.5 Å². The summed E-state index contributed by atoms with van der Waals surface area (Å²) in [7, 11) is 0. The number of benzene rings is 1. The Morgan fingerprint density at radius 1 is 1.31 bits per heavy atom. The van der Waals surface area contributed by atoms with Gasteiger partial charge in [-0.2, -0.15) is 0 Å². The fourth-order valence-corrected chi connectivity index (χ4v) is 2.42. The number of hydrogen-bond acceptors (Lipinski definition) is 2. The van der Waals surface area contributed by atoms with Crippen molar-refractivity contribution in [2.24, 2.45) is 0 Å². The SMILES string of the molecule is CC(=O)N1C(=O)CC(c2ccccc2)C1C. The lowest BCUT2D eigenvalue weighted by Crippen LogP contribution is -2.36. The Bertz CT molecular complexity index is 413. The van der Waals surface area contributed by atoms with Crippen molar-refractivity contribution in [2.75, 3.05) is 0 Å². The number of amides is 2. The Balaban J connectivity index is 2.27. The fourth-order valence-electron chi connectivity index (χ4n) is 2.42. The van der Waals surface area contributed by atoms with E-state index in [1.54, 1.807) is 0 Å². The first-order valence-corrected chi connectivity index (χ1v) is 5.49. The van der Waals surface area contributed by atoms with E-state index in [1.165, 1.54) is 11.8 Å². The maximum atomic E-state index is 11.7. The van der Waals surface area contributed by atoms with Crippen LogP contribution in [0.25, 0.3) is 0 Å². The summed E-state index contributed by atoms with van der Waals surface area (Å²) in [5.41, 5.74) is 1.13. The molecule has 1 aliphatic rings. The number of likely N-dealkylation sites (tertiary alicyclic amines) is 1. The number of carbonyl (C=O) groups excluding carboxylic acids is 2. The number of carbonyl (C=O) groups is 2. The minimum absolute atomic E-state index is 0.0348. The van der Waals surface area contributed by atoms with Crippen molar-refractivity contribution in [1.29, 1.82) is 0 Å². The van der Waals surface area contributed by atoms with Crippen LogP contribution in [0.5, 0.6) is 0 Å². The second-order valence-electron chi connectivity index (χ2n) is 4.24. The highest BCUT2D eigenvalue weighted by atomic mass is 16.2. The van der Waals surface area contributed by atoms with Gasteiger partial charge in [-0.25, -0.2) is 0 Å². The van der Waals surface area contributed by atoms with Gasteiger partial charge in [0.05, 0.1) is 0 Å². The van der Waals surface area contributed by atoms with Crippen LogP contribution in [0.2, 0.25) is 0 Å². The average molecular weight is 217 g/mol. The average Bonchev–Trinajstić information content (AvgIpc) is 2.55. The van der Waals surface area contributed by atoms with Crippen LogP contribution in [0.3, 0.4) is 0 Å². The molecule has 1 fully saturated rings. The van der Waals surface area contributed by atoms with E-state index in [2.05, 4.69) is 0 Å². The lowest BCUT2D eigenvalue weighted by atomic mass is 9.93. The van der Waals surface area contributed by atoms with Crippen LogP contribution in [-0.2, 0) is 9.59 Å². The van der Waals surface area contributed by atoms with Crippen molar-refractivity contribution in [3.63, 3.8) is 0 Å². The summed E-state index contributed by atoms with van der Waals surface area (Å²) in [5, 5.41) is 0. The van der Waals surface area contributed by atoms with Gasteiger partial charge in [0.1, 0.15) is 0 Å². The quantitative estimate of drug-likeness (QED) is 0.721. The third-order valence-electron chi connectivity index (χ3n) is 3.22. The monoisotopic (exact) mass is 217 g/mol. The van der Waals surface area contributed by atoms with E-state index < -0.39 is 0 Å². The first-order chi connectivity index (χ1) is 7.61. The third kappa shape index (κ3) is 1.73. The lowest BCUT2D eigenvalue weighted by Gasteiger charge is -2.21. The molecule has 2 unspecified atom stereocenters. The van der Waals surface area contributed by atoms with Crippen LogP contribution < -0.4 is 0 Å². The molecule has 0 radical (unpaired) electrons. The fraction of sp³-hybridized carbons (Fsp3) is 0.385. The van der Waals surface area contributed by atoms with E-state index in [-0.39, 0.29) is 23.8 Å². The normalized spacial score (nSPS) is 24.9. The van der Waals surface area contributed by atoms with E-state index in [1.807, 2.05) is 37.3 Å². The number of imide groups is 1. The molecule has 16 heavy (non-hydrogen) atoms. The minimum Gasteiger partial charge on any atom is -0.279 e. The van der Waals surface area contributed by atoms with Gasteiger partial charge in [0, 0.05) is 25.3 Å². The summed E-state index contributed by atoms with van der Waals surface area (Å²) < 4.78 is 0. The standard InChI is InChI=1S/C13H15NO2/c1-9-12(11-6-4-3-5-7-11)8-13(16)14(9)10(2)15/h3-7,9,12H,8H2,1-2H3. The van der Waals surface area contributed by atoms with Crippen LogP contribution in [0.15, 0.2) is 30.3 Å². The molecule has 1 aliphatic heterocycles. The maximum Gasteiger partial charge on any atom is 0.230 e. The van der Waals surface area contributed by atoms with Gasteiger partial charge < -0.3 is 0 Å². The van der Waals surface area contributed by atoms with Crippen molar-refractivity contribution in [3.05, 3.63) is 35.9 Å². The highest BCUT2D eigenvalue weighted by molar-refractivity contribution is 5.96. The third-order valence-corrected chi connectivity index (χ3v) is 3.22. The Morgan fingerprint density at radius 2 is 1.94 bits per heavy atom. The largest absolute Gasteiger partial charge is 0.279 e. The summed E-state index contributed by atoms with van der Waals surface area (Å²) in [6, 6.07) is 9.86. The molecule has 2 atom stereocenters. The maximum absolute atomic E-state index is 11.7. The predicted molar refractivity (Wildman–Crippen MR) is 60.8 cm³/mol. The van der Waals surface area contributed by atoms with E-state index in [0.29, 0.717) is 6.42 Å². The van der Waals surface area contributed by atoms with Gasteiger partial charge in [-0.05, 0) is 12.5 Å². The topological polar surface area (TPSA) is 37.4 Å². The molecule has 1 aromatic carbocycles. The van der Waals surface area contributed by atoms with Gasteiger partial charge in [0.2, 0.25) is 11.8 Å². The molecular formula is C13H15NO2. The van der Waals surface area contributed by atoms with Gasteiger partial charge in [0.25, 0.3) is 0 Å². The van der Waals surface area contributed by atoms with E-state index in [4.69, 9.17) is 0 Å². The molecule has 2 rings (SSSR count). The predicted octanol–water partition coefficient (Wildman–Crippen LogP) is 1.94. The number of rotatable bonds is 1. The van der Waals surface area contributed by atoms with Crippen molar-refractivity contribution < 1.29 is 9.59 Å². The first kappa shape index (κ1) is 10.9. The summed E-state index contributed by atoms with van der Waals surface area (Å²) in [6.07, 6.45) is 0.435. The molecule has 0 N–H and O–H groups in total. The van der Waals surface area contributed by atoms with Gasteiger partial charge in [-0.15, -0.1) is 0 Å². The molecule has 3 heteroatoms. The van der Waals surface area contributed by atoms with Crippen LogP contribution >= 0.6 is 0 Å². The Hall–Kier alpha value is -1.64. The van der Waals surface area contributed by atoms with Gasteiger partial charge in [-0.1, -0.05) is 30.3 Å². The number of nitrogens with zero attached hydrogens (tertiary/aromatic N) is 1. The zero-order valence-electron chi connectivity index (χ0n) is 9.51. The second kappa shape index (κ2) is 4.08. The molecule has 0 spiro atoms. The second-order valence-corrected chi connectivity index (χ2v) is 4.24. The van der Waals surface area contributed by atoms with E-state index >= 15 is 0 Å². The van der Waals surface area contributed by atoms with Crippen molar-refractivity contribution >= 4 is 11.8 Å². The van der Waals surface area contributed by atoms with Gasteiger partial charge in [0.15, 0.2) is 0 Å². The Kier molecular flexibility index (Phi) is 2.77. The summed E-state index contributed by atoms with van der Waals surface area (Å²) >= 11 is 0. The van der Waals surface area contributed by atoms with Crippen molar-refractivity contribution in [1.82, 2.24) is 4.90 Å². The molecule has 1 saturated heterocycles. The van der Waals surface area contributed by atoms with Crippen LogP contribution in [-0.4, -0.2) is 22.8 Å². The molecule has 0 aliphatic carbocycles. The van der Waals surface area contributed by atoms with Crippen LogP contribution in [0.4, 0.5) is 0 Å². The van der Waals surface area contributed by atoms with Crippen molar-refractivity contribution in [2.45, 2.75) is 32.2 Å². The molecule has 0 bridgehead atoms. The highest BCUT2D eigenvalue weighted by Crippen LogP contribution is 2.33. The molecule has 3 nitrogen and oxygen atoms in total. The van der Waals surface area contributed by atoms with E-state index in [0.717, 1.165) is 5.56 Å². The Labute approximate surface area is 95.1 Å². The molecule has 0 saturated carbocycles. The summed E-state index contributed by atoms with van der Waals surface area (Å²) in [6.45, 7) is 3.38. The molecule has 84 valence electrons. The number of hydrogen-bond donors (Lipinski definition) is 0. The molecule has 2 amide bonds. The Morgan fingerprint density at radius 3 is 2.44 bits per heavy atom. The molecule has 0 aromatic heterocycles. The summed E-state index contributed by atoms with van der Waals surface area (Å²) in [4.78, 5) is 24.4. The van der Waals surface area contributed by atoms with Crippen LogP contribution in [0.1, 0.15) is 31.7 Å². The van der Waals surface area contributed by atoms with Crippen LogP contribution in [0, 0.1) is 0 Å². The van der Waals surface area contributed by atoms with Gasteiger partial charge >= 0.3 is 0 Å². The van der Waals surface area contributed by atoms with Crippen molar-refractivity contribution in [3.8, 4) is 0 Å². The molecule has 1 heterocycles. The van der Waals surface area contributed by atoms with E-state index in [9.17, 15) is 9.59 Å². The summed E-state index contributed by atoms with van der Waals surface area (Å²) in [5.74, 6) is -0.0811.